The van der Waals surface area contributed by atoms with Crippen molar-refractivity contribution in [1.29, 1.82) is 0 Å². The number of hydrogen-bond acceptors (Lipinski definition) is 4. The SMILES string of the molecule is CC(C)(C(=O)O)c1cc(O)c2c(c1)OC(C)(C)C1CC=C(CO)C[C@@H]21. The summed E-state index contributed by atoms with van der Waals surface area (Å²) in [6.07, 6.45) is 3.53. The van der Waals surface area contributed by atoms with Gasteiger partial charge in [0.25, 0.3) is 0 Å². The maximum absolute atomic E-state index is 11.6. The maximum Gasteiger partial charge on any atom is 0.313 e. The Kier molecular flexibility index (Phi) is 4.11. The van der Waals surface area contributed by atoms with Crippen LogP contribution in [0, 0.1) is 5.92 Å². The van der Waals surface area contributed by atoms with Crippen molar-refractivity contribution in [2.24, 2.45) is 5.92 Å². The van der Waals surface area contributed by atoms with Crippen LogP contribution < -0.4 is 4.74 Å². The summed E-state index contributed by atoms with van der Waals surface area (Å²) in [5, 5.41) is 29.7. The fourth-order valence-corrected chi connectivity index (χ4v) is 4.08. The minimum atomic E-state index is -1.13. The molecule has 1 aromatic carbocycles. The number of ether oxygens (including phenoxy) is 1. The number of allylic oxidation sites excluding steroid dienone is 1. The average Bonchev–Trinajstić information content (AvgIpc) is 2.52. The van der Waals surface area contributed by atoms with E-state index in [1.54, 1.807) is 26.0 Å². The van der Waals surface area contributed by atoms with Crippen LogP contribution in [-0.4, -0.2) is 33.5 Å². The van der Waals surface area contributed by atoms with Crippen LogP contribution in [0.4, 0.5) is 0 Å². The lowest BCUT2D eigenvalue weighted by Crippen LogP contribution is -2.45. The smallest absolute Gasteiger partial charge is 0.313 e. The molecule has 1 aliphatic carbocycles. The molecule has 1 aliphatic heterocycles. The van der Waals surface area contributed by atoms with E-state index in [-0.39, 0.29) is 24.2 Å². The molecule has 1 heterocycles. The van der Waals surface area contributed by atoms with E-state index in [1.165, 1.54) is 0 Å². The van der Waals surface area contributed by atoms with Crippen molar-refractivity contribution in [2.45, 2.75) is 57.5 Å². The standard InChI is InChI=1S/C20H26O5/c1-19(2,18(23)24)12-8-15(22)17-13-7-11(10-21)5-6-14(13)20(3,4)25-16(17)9-12/h5,8-9,13-14,21-22H,6-7,10H2,1-4H3,(H,23,24)/t13-,14?/m1/s1. The first-order valence-electron chi connectivity index (χ1n) is 8.66. The zero-order valence-corrected chi connectivity index (χ0v) is 15.2. The highest BCUT2D eigenvalue weighted by Crippen LogP contribution is 2.54. The van der Waals surface area contributed by atoms with Gasteiger partial charge in [0.05, 0.1) is 12.0 Å². The monoisotopic (exact) mass is 346 g/mol. The van der Waals surface area contributed by atoms with Crippen LogP contribution in [0.15, 0.2) is 23.8 Å². The summed E-state index contributed by atoms with van der Waals surface area (Å²) >= 11 is 0. The summed E-state index contributed by atoms with van der Waals surface area (Å²) in [5.41, 5.74) is 0.652. The summed E-state index contributed by atoms with van der Waals surface area (Å²) in [4.78, 5) is 11.6. The predicted molar refractivity (Wildman–Crippen MR) is 94.1 cm³/mol. The third-order valence-corrected chi connectivity index (χ3v) is 5.84. The van der Waals surface area contributed by atoms with Crippen molar-refractivity contribution in [3.63, 3.8) is 0 Å². The van der Waals surface area contributed by atoms with Gasteiger partial charge in [0.15, 0.2) is 0 Å². The number of aliphatic carboxylic acids is 1. The lowest BCUT2D eigenvalue weighted by Gasteiger charge is -2.47. The number of rotatable bonds is 3. The Morgan fingerprint density at radius 1 is 1.36 bits per heavy atom. The van der Waals surface area contributed by atoms with Crippen LogP contribution in [0.2, 0.25) is 0 Å². The Bertz CT molecular complexity index is 745. The fraction of sp³-hybridized carbons (Fsp3) is 0.550. The molecule has 0 saturated heterocycles. The Balaban J connectivity index is 2.14. The highest BCUT2D eigenvalue weighted by atomic mass is 16.5. The van der Waals surface area contributed by atoms with E-state index >= 15 is 0 Å². The third kappa shape index (κ3) is 2.80. The summed E-state index contributed by atoms with van der Waals surface area (Å²) in [6, 6.07) is 3.29. The van der Waals surface area contributed by atoms with E-state index in [0.29, 0.717) is 17.7 Å². The Labute approximate surface area is 147 Å². The van der Waals surface area contributed by atoms with Gasteiger partial charge in [-0.3, -0.25) is 4.79 Å². The van der Waals surface area contributed by atoms with E-state index in [0.717, 1.165) is 17.6 Å². The molecule has 0 aromatic heterocycles. The van der Waals surface area contributed by atoms with Crippen molar-refractivity contribution in [3.05, 3.63) is 34.9 Å². The van der Waals surface area contributed by atoms with E-state index in [9.17, 15) is 20.1 Å². The van der Waals surface area contributed by atoms with Gasteiger partial charge in [0.2, 0.25) is 0 Å². The van der Waals surface area contributed by atoms with Crippen LogP contribution in [0.25, 0.3) is 0 Å². The predicted octanol–water partition coefficient (Wildman–Crippen LogP) is 3.34. The first kappa shape index (κ1) is 17.8. The first-order chi connectivity index (χ1) is 11.6. The van der Waals surface area contributed by atoms with Gasteiger partial charge in [-0.1, -0.05) is 6.08 Å². The van der Waals surface area contributed by atoms with Gasteiger partial charge in [-0.2, -0.15) is 0 Å². The van der Waals surface area contributed by atoms with Crippen molar-refractivity contribution in [3.8, 4) is 11.5 Å². The molecule has 3 N–H and O–H groups in total. The summed E-state index contributed by atoms with van der Waals surface area (Å²) < 4.78 is 6.21. The molecule has 0 radical (unpaired) electrons. The van der Waals surface area contributed by atoms with Gasteiger partial charge in [-0.25, -0.2) is 0 Å². The van der Waals surface area contributed by atoms with Crippen molar-refractivity contribution in [2.75, 3.05) is 6.61 Å². The molecular formula is C20H26O5. The van der Waals surface area contributed by atoms with Crippen LogP contribution in [-0.2, 0) is 10.2 Å². The molecule has 25 heavy (non-hydrogen) atoms. The molecule has 2 aliphatic rings. The highest BCUT2D eigenvalue weighted by molar-refractivity contribution is 5.81. The number of aliphatic hydroxyl groups excluding tert-OH is 1. The van der Waals surface area contributed by atoms with Gasteiger partial charge >= 0.3 is 5.97 Å². The van der Waals surface area contributed by atoms with Gasteiger partial charge in [-0.05, 0) is 63.8 Å². The van der Waals surface area contributed by atoms with Crippen LogP contribution in [0.3, 0.4) is 0 Å². The molecule has 0 bridgehead atoms. The molecule has 0 spiro atoms. The van der Waals surface area contributed by atoms with Crippen molar-refractivity contribution < 1.29 is 24.9 Å². The number of carbonyl (C=O) groups is 1. The molecule has 136 valence electrons. The number of phenolic OH excluding ortho intramolecular Hbond substituents is 1. The number of fused-ring (bicyclic) bond motifs is 3. The molecule has 1 unspecified atom stereocenters. The van der Waals surface area contributed by atoms with E-state index in [2.05, 4.69) is 6.08 Å². The second-order valence-corrected chi connectivity index (χ2v) is 8.22. The normalized spacial score (nSPS) is 24.6. The molecule has 0 fully saturated rings. The van der Waals surface area contributed by atoms with Crippen molar-refractivity contribution in [1.82, 2.24) is 0 Å². The van der Waals surface area contributed by atoms with Gasteiger partial charge in [0, 0.05) is 17.4 Å². The molecule has 0 amide bonds. The minimum Gasteiger partial charge on any atom is -0.508 e. The number of aliphatic hydroxyl groups is 1. The molecule has 5 nitrogen and oxygen atoms in total. The Morgan fingerprint density at radius 2 is 2.04 bits per heavy atom. The minimum absolute atomic E-state index is 0.0186. The van der Waals surface area contributed by atoms with Crippen LogP contribution in [0.1, 0.15) is 57.6 Å². The molecular weight excluding hydrogens is 320 g/mol. The van der Waals surface area contributed by atoms with E-state index in [4.69, 9.17) is 4.74 Å². The third-order valence-electron chi connectivity index (χ3n) is 5.84. The second kappa shape index (κ2) is 5.77. The van der Waals surface area contributed by atoms with Gasteiger partial charge in [-0.15, -0.1) is 0 Å². The molecule has 2 atom stereocenters. The number of carboxylic acids is 1. The Hall–Kier alpha value is -2.01. The van der Waals surface area contributed by atoms with Gasteiger partial charge < -0.3 is 20.1 Å². The second-order valence-electron chi connectivity index (χ2n) is 8.22. The molecule has 1 aromatic rings. The number of hydrogen-bond donors (Lipinski definition) is 3. The first-order valence-corrected chi connectivity index (χ1v) is 8.66. The van der Waals surface area contributed by atoms with E-state index in [1.807, 2.05) is 13.8 Å². The number of carboxylic acid groups (broad SMARTS) is 1. The maximum atomic E-state index is 11.6. The lowest BCUT2D eigenvalue weighted by atomic mass is 9.66. The summed E-state index contributed by atoms with van der Waals surface area (Å²) in [7, 11) is 0. The fourth-order valence-electron chi connectivity index (χ4n) is 4.08. The quantitative estimate of drug-likeness (QED) is 0.731. The zero-order valence-electron chi connectivity index (χ0n) is 15.2. The molecule has 3 rings (SSSR count). The topological polar surface area (TPSA) is 87.0 Å². The van der Waals surface area contributed by atoms with Crippen molar-refractivity contribution >= 4 is 5.97 Å². The largest absolute Gasteiger partial charge is 0.508 e. The lowest BCUT2D eigenvalue weighted by molar-refractivity contribution is -0.142. The number of phenols is 1. The highest BCUT2D eigenvalue weighted by Gasteiger charge is 2.46. The average molecular weight is 346 g/mol. The number of aromatic hydroxyl groups is 1. The summed E-state index contributed by atoms with van der Waals surface area (Å²) in [6.45, 7) is 7.29. The van der Waals surface area contributed by atoms with Crippen LogP contribution >= 0.6 is 0 Å². The molecule has 0 saturated carbocycles. The number of benzene rings is 1. The molecule has 5 heteroatoms. The van der Waals surface area contributed by atoms with E-state index < -0.39 is 17.0 Å². The summed E-state index contributed by atoms with van der Waals surface area (Å²) in [5.74, 6) is -0.0864. The Morgan fingerprint density at radius 3 is 2.64 bits per heavy atom. The zero-order chi connectivity index (χ0) is 18.6. The van der Waals surface area contributed by atoms with Gasteiger partial charge in [0.1, 0.15) is 17.1 Å². The van der Waals surface area contributed by atoms with Crippen LogP contribution in [0.5, 0.6) is 11.5 Å².